The van der Waals surface area contributed by atoms with Gasteiger partial charge in [-0.2, -0.15) is 0 Å². The summed E-state index contributed by atoms with van der Waals surface area (Å²) in [7, 11) is 1.70. The maximum atomic E-state index is 5.84. The van der Waals surface area contributed by atoms with Gasteiger partial charge in [0.15, 0.2) is 4.47 Å². The maximum absolute atomic E-state index is 5.84. The molecule has 1 aliphatic heterocycles. The largest absolute Gasteiger partial charge is 0.495 e. The molecule has 0 amide bonds. The summed E-state index contributed by atoms with van der Waals surface area (Å²) < 4.78 is 11.5. The number of hydrogen-bond donors (Lipinski definition) is 1. The molecule has 0 atom stereocenters. The predicted octanol–water partition coefficient (Wildman–Crippen LogP) is 3.25. The second kappa shape index (κ2) is 7.17. The van der Waals surface area contributed by atoms with E-state index in [1.165, 1.54) is 11.3 Å². The molecule has 1 N–H and O–H groups in total. The van der Waals surface area contributed by atoms with Gasteiger partial charge in [-0.3, -0.25) is 0 Å². The zero-order chi connectivity index (χ0) is 15.4. The first-order valence-electron chi connectivity index (χ1n) is 7.11. The Morgan fingerprint density at radius 1 is 1.41 bits per heavy atom. The third-order valence-corrected chi connectivity index (χ3v) is 4.64. The van der Waals surface area contributed by atoms with Crippen LogP contribution in [0, 0.1) is 0 Å². The number of rotatable bonds is 5. The highest BCUT2D eigenvalue weighted by Crippen LogP contribution is 2.32. The summed E-state index contributed by atoms with van der Waals surface area (Å²) in [5.41, 5.74) is 2.12. The number of anilines is 2. The molecule has 1 aliphatic rings. The van der Waals surface area contributed by atoms with E-state index < -0.39 is 0 Å². The molecule has 1 aromatic heterocycles. The van der Waals surface area contributed by atoms with Gasteiger partial charge in [0.2, 0.25) is 0 Å². The molecule has 0 spiro atoms. The van der Waals surface area contributed by atoms with Gasteiger partial charge >= 0.3 is 0 Å². The maximum Gasteiger partial charge on any atom is 0.183 e. The quantitative estimate of drug-likeness (QED) is 0.906. The van der Waals surface area contributed by atoms with Gasteiger partial charge in [-0.15, -0.1) is 11.3 Å². The molecule has 7 heteroatoms. The van der Waals surface area contributed by atoms with Crippen LogP contribution in [-0.4, -0.2) is 38.4 Å². The van der Waals surface area contributed by atoms with E-state index in [2.05, 4.69) is 27.3 Å². The number of hydrogen-bond acceptors (Lipinski definition) is 6. The summed E-state index contributed by atoms with van der Waals surface area (Å²) in [6, 6.07) is 6.18. The fraction of sp³-hybridized carbons (Fsp3) is 0.400. The molecule has 0 radical (unpaired) electrons. The Balaban J connectivity index is 1.70. The van der Waals surface area contributed by atoms with Crippen LogP contribution in [0.2, 0.25) is 4.47 Å². The van der Waals surface area contributed by atoms with Crippen molar-refractivity contribution in [2.24, 2.45) is 0 Å². The van der Waals surface area contributed by atoms with Crippen molar-refractivity contribution in [3.63, 3.8) is 0 Å². The van der Waals surface area contributed by atoms with Crippen LogP contribution in [0.4, 0.5) is 11.4 Å². The minimum absolute atomic E-state index is 0.567. The van der Waals surface area contributed by atoms with Crippen molar-refractivity contribution in [2.75, 3.05) is 43.6 Å². The van der Waals surface area contributed by atoms with Gasteiger partial charge in [-0.25, -0.2) is 4.98 Å². The third-order valence-electron chi connectivity index (χ3n) is 3.52. The minimum atomic E-state index is 0.567. The van der Waals surface area contributed by atoms with Crippen LogP contribution >= 0.6 is 22.9 Å². The predicted molar refractivity (Wildman–Crippen MR) is 90.5 cm³/mol. The van der Waals surface area contributed by atoms with Gasteiger partial charge in [0.1, 0.15) is 5.75 Å². The average Bonchev–Trinajstić information content (AvgIpc) is 2.99. The SMILES string of the molecule is COc1cc(NCc2cnc(Cl)s2)ccc1N1CCOCC1. The van der Waals surface area contributed by atoms with Gasteiger partial charge in [0, 0.05) is 35.9 Å². The topological polar surface area (TPSA) is 46.6 Å². The van der Waals surface area contributed by atoms with Crippen molar-refractivity contribution < 1.29 is 9.47 Å². The summed E-state index contributed by atoms with van der Waals surface area (Å²) in [5, 5.41) is 3.37. The lowest BCUT2D eigenvalue weighted by molar-refractivity contribution is 0.122. The fourth-order valence-electron chi connectivity index (χ4n) is 2.41. The van der Waals surface area contributed by atoms with Gasteiger partial charge < -0.3 is 19.7 Å². The van der Waals surface area contributed by atoms with Crippen molar-refractivity contribution in [3.05, 3.63) is 33.7 Å². The van der Waals surface area contributed by atoms with Crippen LogP contribution in [-0.2, 0) is 11.3 Å². The molecular weight excluding hydrogens is 322 g/mol. The summed E-state index contributed by atoms with van der Waals surface area (Å²) >= 11 is 7.32. The molecule has 0 aliphatic carbocycles. The highest BCUT2D eigenvalue weighted by molar-refractivity contribution is 7.15. The fourth-order valence-corrected chi connectivity index (χ4v) is 3.33. The first-order valence-corrected chi connectivity index (χ1v) is 8.30. The van der Waals surface area contributed by atoms with E-state index in [1.54, 1.807) is 13.3 Å². The molecular formula is C15H18ClN3O2S. The van der Waals surface area contributed by atoms with Crippen molar-refractivity contribution in [3.8, 4) is 5.75 Å². The van der Waals surface area contributed by atoms with Crippen molar-refractivity contribution in [2.45, 2.75) is 6.54 Å². The Hall–Kier alpha value is -1.50. The molecule has 0 unspecified atom stereocenters. The van der Waals surface area contributed by atoms with E-state index in [0.29, 0.717) is 11.0 Å². The second-order valence-electron chi connectivity index (χ2n) is 4.92. The standard InChI is InChI=1S/C15H18ClN3O2S/c1-20-14-8-11(17-9-12-10-18-15(16)22-12)2-3-13(14)19-4-6-21-7-5-19/h2-3,8,10,17H,4-7,9H2,1H3. The van der Waals surface area contributed by atoms with Crippen molar-refractivity contribution >= 4 is 34.3 Å². The van der Waals surface area contributed by atoms with Gasteiger partial charge in [-0.1, -0.05) is 11.6 Å². The van der Waals surface area contributed by atoms with Crippen molar-refractivity contribution in [1.82, 2.24) is 4.98 Å². The zero-order valence-corrected chi connectivity index (χ0v) is 13.9. The Labute approximate surface area is 138 Å². The molecule has 2 heterocycles. The number of morpholine rings is 1. The molecule has 0 saturated carbocycles. The number of ether oxygens (including phenoxy) is 2. The van der Waals surface area contributed by atoms with Gasteiger partial charge in [-0.05, 0) is 12.1 Å². The van der Waals surface area contributed by atoms with E-state index >= 15 is 0 Å². The Morgan fingerprint density at radius 2 is 2.23 bits per heavy atom. The zero-order valence-electron chi connectivity index (χ0n) is 12.3. The molecule has 1 aromatic carbocycles. The first kappa shape index (κ1) is 15.4. The number of nitrogens with zero attached hydrogens (tertiary/aromatic N) is 2. The van der Waals surface area contributed by atoms with Crippen LogP contribution in [0.15, 0.2) is 24.4 Å². The van der Waals surface area contributed by atoms with E-state index in [4.69, 9.17) is 21.1 Å². The number of halogens is 1. The van der Waals surface area contributed by atoms with Crippen LogP contribution in [0.25, 0.3) is 0 Å². The molecule has 1 saturated heterocycles. The lowest BCUT2D eigenvalue weighted by atomic mass is 10.2. The number of methoxy groups -OCH3 is 1. The van der Waals surface area contributed by atoms with Crippen LogP contribution < -0.4 is 15.0 Å². The summed E-state index contributed by atoms with van der Waals surface area (Å²) in [4.78, 5) is 7.42. The molecule has 22 heavy (non-hydrogen) atoms. The number of thiazole rings is 1. The van der Waals surface area contributed by atoms with Gasteiger partial charge in [0.25, 0.3) is 0 Å². The second-order valence-corrected chi connectivity index (χ2v) is 6.62. The van der Waals surface area contributed by atoms with E-state index in [9.17, 15) is 0 Å². The monoisotopic (exact) mass is 339 g/mol. The summed E-state index contributed by atoms with van der Waals surface area (Å²) in [6.07, 6.45) is 1.79. The van der Waals surface area contributed by atoms with Crippen LogP contribution in [0.3, 0.4) is 0 Å². The third kappa shape index (κ3) is 3.63. The van der Waals surface area contributed by atoms with Crippen molar-refractivity contribution in [1.29, 1.82) is 0 Å². The molecule has 3 rings (SSSR count). The molecule has 118 valence electrons. The van der Waals surface area contributed by atoms with E-state index in [-0.39, 0.29) is 0 Å². The average molecular weight is 340 g/mol. The molecule has 1 fully saturated rings. The summed E-state index contributed by atoms with van der Waals surface area (Å²) in [5.74, 6) is 0.870. The normalized spacial score (nSPS) is 14.9. The highest BCUT2D eigenvalue weighted by Gasteiger charge is 2.15. The van der Waals surface area contributed by atoms with E-state index in [1.807, 2.05) is 6.07 Å². The van der Waals surface area contributed by atoms with E-state index in [0.717, 1.165) is 48.3 Å². The number of benzene rings is 1. The smallest absolute Gasteiger partial charge is 0.183 e. The Kier molecular flexibility index (Phi) is 5.02. The first-order chi connectivity index (χ1) is 10.8. The molecule has 2 aromatic rings. The lowest BCUT2D eigenvalue weighted by Crippen LogP contribution is -2.36. The highest BCUT2D eigenvalue weighted by atomic mass is 35.5. The Bertz CT molecular complexity index is 629. The number of nitrogens with one attached hydrogen (secondary N) is 1. The van der Waals surface area contributed by atoms with Crippen LogP contribution in [0.5, 0.6) is 5.75 Å². The summed E-state index contributed by atoms with van der Waals surface area (Å²) in [6.45, 7) is 4.00. The molecule has 5 nitrogen and oxygen atoms in total. The minimum Gasteiger partial charge on any atom is -0.495 e. The Morgan fingerprint density at radius 3 is 2.91 bits per heavy atom. The number of aromatic nitrogens is 1. The van der Waals surface area contributed by atoms with Gasteiger partial charge in [0.05, 0.1) is 32.6 Å². The lowest BCUT2D eigenvalue weighted by Gasteiger charge is -2.30. The van der Waals surface area contributed by atoms with Crippen LogP contribution in [0.1, 0.15) is 4.88 Å². The molecule has 0 bridgehead atoms.